The van der Waals surface area contributed by atoms with E-state index in [2.05, 4.69) is 208 Å². The molecule has 4 heteroatoms. The summed E-state index contributed by atoms with van der Waals surface area (Å²) in [5.41, 5.74) is 14.7. The van der Waals surface area contributed by atoms with Crippen LogP contribution >= 0.6 is 0 Å². The van der Waals surface area contributed by atoms with E-state index in [4.69, 9.17) is 4.42 Å². The Hall–Kier alpha value is -7.82. The van der Waals surface area contributed by atoms with Crippen LogP contribution in [-0.2, 0) is 0 Å². The Balaban J connectivity index is 1.11. The quantitative estimate of drug-likeness (QED) is 0.177. The second-order valence-corrected chi connectivity index (χ2v) is 15.3. The molecule has 0 unspecified atom stereocenters. The van der Waals surface area contributed by atoms with Crippen LogP contribution in [0.25, 0.3) is 116 Å². The average molecular weight is 740 g/mol. The molecule has 0 saturated carbocycles. The molecular weight excluding hydrogens is 707 g/mol. The molecule has 0 atom stereocenters. The van der Waals surface area contributed by atoms with Crippen molar-refractivity contribution in [3.8, 4) is 28.2 Å². The summed E-state index contributed by atoms with van der Waals surface area (Å²) in [4.78, 5) is 0. The van der Waals surface area contributed by atoms with Crippen LogP contribution in [0.2, 0.25) is 0 Å². The summed E-state index contributed by atoms with van der Waals surface area (Å²) in [6, 6.07) is 72.4. The van der Waals surface area contributed by atoms with E-state index < -0.39 is 0 Å². The van der Waals surface area contributed by atoms with Crippen LogP contribution in [0.1, 0.15) is 0 Å². The Morgan fingerprint density at radius 2 is 0.707 bits per heavy atom. The van der Waals surface area contributed by atoms with Crippen molar-refractivity contribution in [1.82, 2.24) is 13.7 Å². The minimum absolute atomic E-state index is 0.903. The molecule has 4 aromatic heterocycles. The Morgan fingerprint density at radius 1 is 0.259 bits per heavy atom. The number of aromatic nitrogens is 3. The molecule has 58 heavy (non-hydrogen) atoms. The van der Waals surface area contributed by atoms with Gasteiger partial charge in [-0.15, -0.1) is 0 Å². The maximum absolute atomic E-state index is 6.44. The summed E-state index contributed by atoms with van der Waals surface area (Å²) in [7, 11) is 0. The molecule has 4 nitrogen and oxygen atoms in total. The summed E-state index contributed by atoms with van der Waals surface area (Å²) >= 11 is 0. The summed E-state index contributed by atoms with van der Waals surface area (Å²) in [5, 5.41) is 9.73. The Kier molecular flexibility index (Phi) is 6.41. The van der Waals surface area contributed by atoms with Gasteiger partial charge < -0.3 is 18.1 Å². The van der Waals surface area contributed by atoms with E-state index >= 15 is 0 Å². The van der Waals surface area contributed by atoms with Gasteiger partial charge in [-0.25, -0.2) is 0 Å². The van der Waals surface area contributed by atoms with Crippen LogP contribution in [0.4, 0.5) is 0 Å². The number of furan rings is 1. The van der Waals surface area contributed by atoms with Gasteiger partial charge in [0.25, 0.3) is 0 Å². The number of hydrogen-bond donors (Lipinski definition) is 0. The Labute approximate surface area is 332 Å². The normalized spacial score (nSPS) is 12.1. The molecule has 0 aliphatic carbocycles. The van der Waals surface area contributed by atoms with Crippen molar-refractivity contribution in [2.75, 3.05) is 0 Å². The molecule has 0 aliphatic heterocycles. The smallest absolute Gasteiger partial charge is 0.136 e. The van der Waals surface area contributed by atoms with Gasteiger partial charge in [-0.1, -0.05) is 109 Å². The number of hydrogen-bond acceptors (Lipinski definition) is 1. The monoisotopic (exact) mass is 739 g/mol. The minimum atomic E-state index is 0.903. The van der Waals surface area contributed by atoms with Crippen molar-refractivity contribution in [3.05, 3.63) is 200 Å². The van der Waals surface area contributed by atoms with Crippen LogP contribution in [-0.4, -0.2) is 13.7 Å². The lowest BCUT2D eigenvalue weighted by Crippen LogP contribution is -1.94. The topological polar surface area (TPSA) is 27.9 Å². The van der Waals surface area contributed by atoms with E-state index in [1.165, 1.54) is 71.0 Å². The van der Waals surface area contributed by atoms with E-state index in [1.807, 2.05) is 6.07 Å². The number of fused-ring (bicyclic) bond motifs is 14. The van der Waals surface area contributed by atoms with Gasteiger partial charge in [-0.2, -0.15) is 0 Å². The maximum Gasteiger partial charge on any atom is 0.136 e. The third-order valence-electron chi connectivity index (χ3n) is 12.2. The van der Waals surface area contributed by atoms with Gasteiger partial charge >= 0.3 is 0 Å². The van der Waals surface area contributed by atoms with Crippen molar-refractivity contribution in [1.29, 1.82) is 0 Å². The van der Waals surface area contributed by atoms with Crippen LogP contribution < -0.4 is 0 Å². The van der Waals surface area contributed by atoms with Gasteiger partial charge in [0.1, 0.15) is 11.2 Å². The fraction of sp³-hybridized carbons (Fsp3) is 0. The number of benzene rings is 9. The van der Waals surface area contributed by atoms with Crippen LogP contribution in [0.3, 0.4) is 0 Å². The standard InChI is InChI=1S/C54H33N3O/c1-4-14-36(15-5-1)55-43-22-12-10-20-39(43)51-45(55)28-29-46-52(51)40-26-24-35(33-48(40)57(46)38-18-8-3-9-19-38)34-25-27-44-42(32-34)53-47(56(44)37-16-6-2-7-17-37)30-31-50-54(53)41-21-11-13-23-49(41)58-50/h1-33H. The number of nitrogens with zero attached hydrogens (tertiary/aromatic N) is 3. The van der Waals surface area contributed by atoms with Crippen LogP contribution in [0.15, 0.2) is 205 Å². The lowest BCUT2D eigenvalue weighted by atomic mass is 9.99. The predicted octanol–water partition coefficient (Wildman–Crippen LogP) is 14.5. The SMILES string of the molecule is c1ccc(-n2c3ccc(-c4ccc5c6c7c8ccccc8n(-c8ccccc8)c7ccc6n(-c6ccccc6)c5c4)cc3c3c4c(ccc32)oc2ccccc24)cc1. The van der Waals surface area contributed by atoms with E-state index in [0.717, 1.165) is 44.5 Å². The fourth-order valence-electron chi connectivity index (χ4n) is 9.82. The molecule has 9 aromatic carbocycles. The molecule has 0 bridgehead atoms. The molecule has 4 heterocycles. The summed E-state index contributed by atoms with van der Waals surface area (Å²) in [6.45, 7) is 0. The Bertz CT molecular complexity index is 3770. The highest BCUT2D eigenvalue weighted by Crippen LogP contribution is 2.45. The second kappa shape index (κ2) is 11.8. The highest BCUT2D eigenvalue weighted by molar-refractivity contribution is 6.30. The zero-order chi connectivity index (χ0) is 37.9. The highest BCUT2D eigenvalue weighted by Gasteiger charge is 2.22. The van der Waals surface area contributed by atoms with Gasteiger partial charge in [0.15, 0.2) is 0 Å². The number of rotatable bonds is 4. The molecule has 0 spiro atoms. The molecule has 0 fully saturated rings. The average Bonchev–Trinajstić information content (AvgIpc) is 4.03. The Morgan fingerprint density at radius 3 is 1.36 bits per heavy atom. The van der Waals surface area contributed by atoms with E-state index in [9.17, 15) is 0 Å². The van der Waals surface area contributed by atoms with Crippen molar-refractivity contribution in [2.45, 2.75) is 0 Å². The van der Waals surface area contributed by atoms with Gasteiger partial charge in [-0.3, -0.25) is 0 Å². The first-order valence-corrected chi connectivity index (χ1v) is 19.9. The van der Waals surface area contributed by atoms with Crippen LogP contribution in [0.5, 0.6) is 0 Å². The zero-order valence-corrected chi connectivity index (χ0v) is 31.3. The van der Waals surface area contributed by atoms with Crippen molar-refractivity contribution >= 4 is 87.4 Å². The van der Waals surface area contributed by atoms with Crippen molar-refractivity contribution in [3.63, 3.8) is 0 Å². The highest BCUT2D eigenvalue weighted by atomic mass is 16.3. The maximum atomic E-state index is 6.44. The molecule has 13 rings (SSSR count). The molecular formula is C54H33N3O. The molecule has 13 aromatic rings. The first kappa shape index (κ1) is 31.4. The van der Waals surface area contributed by atoms with E-state index in [0.29, 0.717) is 0 Å². The molecule has 0 radical (unpaired) electrons. The first-order chi connectivity index (χ1) is 28.8. The third kappa shape index (κ3) is 4.29. The van der Waals surface area contributed by atoms with Gasteiger partial charge in [0.2, 0.25) is 0 Å². The van der Waals surface area contributed by atoms with Gasteiger partial charge in [0.05, 0.1) is 33.1 Å². The molecule has 270 valence electrons. The minimum Gasteiger partial charge on any atom is -0.456 e. The molecule has 0 N–H and O–H groups in total. The van der Waals surface area contributed by atoms with Crippen molar-refractivity contribution in [2.24, 2.45) is 0 Å². The number of para-hydroxylation sites is 5. The largest absolute Gasteiger partial charge is 0.456 e. The lowest BCUT2D eigenvalue weighted by Gasteiger charge is -2.10. The van der Waals surface area contributed by atoms with E-state index in [-0.39, 0.29) is 0 Å². The van der Waals surface area contributed by atoms with Gasteiger partial charge in [0, 0.05) is 60.2 Å². The fourth-order valence-corrected chi connectivity index (χ4v) is 9.82. The lowest BCUT2D eigenvalue weighted by molar-refractivity contribution is 0.669. The first-order valence-electron chi connectivity index (χ1n) is 19.9. The van der Waals surface area contributed by atoms with Gasteiger partial charge in [-0.05, 0) is 102 Å². The van der Waals surface area contributed by atoms with Crippen LogP contribution in [0, 0.1) is 0 Å². The third-order valence-corrected chi connectivity index (χ3v) is 12.2. The molecule has 0 amide bonds. The summed E-state index contributed by atoms with van der Waals surface area (Å²) < 4.78 is 13.7. The second-order valence-electron chi connectivity index (χ2n) is 15.3. The molecule has 0 aliphatic rings. The summed E-state index contributed by atoms with van der Waals surface area (Å²) in [6.07, 6.45) is 0. The van der Waals surface area contributed by atoms with Crippen molar-refractivity contribution < 1.29 is 4.42 Å². The summed E-state index contributed by atoms with van der Waals surface area (Å²) in [5.74, 6) is 0. The molecule has 0 saturated heterocycles. The van der Waals surface area contributed by atoms with E-state index in [1.54, 1.807) is 0 Å². The zero-order valence-electron chi connectivity index (χ0n) is 31.3. The predicted molar refractivity (Wildman–Crippen MR) is 242 cm³/mol.